The van der Waals surface area contributed by atoms with Crippen LogP contribution in [0.3, 0.4) is 0 Å². The van der Waals surface area contributed by atoms with Crippen LogP contribution >= 0.6 is 0 Å². The first-order valence-corrected chi connectivity index (χ1v) is 19.2. The molecule has 4 aromatic carbocycles. The lowest BCUT2D eigenvalue weighted by molar-refractivity contribution is -0.401. The Bertz CT molecular complexity index is 2160. The number of allylic oxidation sites excluding steroid dienone is 5. The van der Waals surface area contributed by atoms with Crippen molar-refractivity contribution in [2.45, 2.75) is 95.8 Å². The van der Waals surface area contributed by atoms with Crippen LogP contribution in [0, 0.1) is 6.92 Å². The first-order valence-electron chi connectivity index (χ1n) is 19.2. The fourth-order valence-electron chi connectivity index (χ4n) is 9.98. The molecule has 0 amide bonds. The third-order valence-corrected chi connectivity index (χ3v) is 13.3. The van der Waals surface area contributed by atoms with Crippen molar-refractivity contribution in [1.29, 1.82) is 0 Å². The van der Waals surface area contributed by atoms with Gasteiger partial charge in [-0.25, -0.2) is 0 Å². The van der Waals surface area contributed by atoms with Gasteiger partial charge in [0, 0.05) is 70.8 Å². The number of benzene rings is 4. The molecule has 0 N–H and O–H groups in total. The number of hydrogen-bond donors (Lipinski definition) is 0. The van der Waals surface area contributed by atoms with Gasteiger partial charge in [-0.2, -0.15) is 4.58 Å². The first-order chi connectivity index (χ1) is 24.6. The normalized spacial score (nSPS) is 22.5. The van der Waals surface area contributed by atoms with Crippen LogP contribution in [0.1, 0.15) is 95.0 Å². The maximum Gasteiger partial charge on any atom is 0.209 e. The number of anilines is 2. The molecule has 3 aliphatic rings. The molecular formula is C49H58N3+. The Morgan fingerprint density at radius 3 is 1.85 bits per heavy atom. The smallest absolute Gasteiger partial charge is 0.209 e. The van der Waals surface area contributed by atoms with Crippen molar-refractivity contribution in [2.24, 2.45) is 0 Å². The van der Waals surface area contributed by atoms with E-state index in [2.05, 4.69) is 193 Å². The van der Waals surface area contributed by atoms with Gasteiger partial charge in [-0.1, -0.05) is 133 Å². The molecule has 3 aliphatic heterocycles. The molecule has 0 radical (unpaired) electrons. The Morgan fingerprint density at radius 2 is 1.23 bits per heavy atom. The molecule has 2 unspecified atom stereocenters. The molecule has 3 heteroatoms. The van der Waals surface area contributed by atoms with Crippen molar-refractivity contribution in [3.8, 4) is 0 Å². The van der Waals surface area contributed by atoms with Crippen LogP contribution in [0.4, 0.5) is 17.1 Å². The molecule has 0 aliphatic carbocycles. The number of nitrogens with zero attached hydrogens (tertiary/aromatic N) is 3. The molecular weight excluding hydrogens is 631 g/mol. The lowest BCUT2D eigenvalue weighted by Crippen LogP contribution is -2.34. The largest absolute Gasteiger partial charge is 0.347 e. The second kappa shape index (κ2) is 12.8. The molecule has 2 atom stereocenters. The van der Waals surface area contributed by atoms with Gasteiger partial charge in [0.15, 0.2) is 5.71 Å². The number of hydrogen-bond acceptors (Lipinski definition) is 2. The molecule has 3 nitrogen and oxygen atoms in total. The standard InChI is InChI=1S/C49H58N3/c1-34-22-12-13-23-36(34)48(7,35(2)32-43-46(3,4)37-24-14-17-27-40(37)50(43)9)30-20-21-31-49(8)39-26-16-19-29-42(39)52(11)45(49)33-44-47(5,6)38-25-15-18-28-41(38)51(44)10/h12-19,22-29,32-33H,2,20-21,30-31H2,1,3-11H3/q+1/b43-32+. The molecule has 268 valence electrons. The van der Waals surface area contributed by atoms with Crippen molar-refractivity contribution >= 4 is 22.8 Å². The predicted octanol–water partition coefficient (Wildman–Crippen LogP) is 11.7. The first kappa shape index (κ1) is 35.8. The fourth-order valence-corrected chi connectivity index (χ4v) is 9.98. The van der Waals surface area contributed by atoms with E-state index in [1.54, 1.807) is 0 Å². The maximum atomic E-state index is 4.86. The van der Waals surface area contributed by atoms with E-state index >= 15 is 0 Å². The minimum atomic E-state index is -0.202. The van der Waals surface area contributed by atoms with Crippen molar-refractivity contribution < 1.29 is 4.58 Å². The van der Waals surface area contributed by atoms with Crippen LogP contribution in [-0.2, 0) is 21.7 Å². The zero-order valence-electron chi connectivity index (χ0n) is 33.3. The van der Waals surface area contributed by atoms with Crippen LogP contribution in [0.2, 0.25) is 0 Å². The lowest BCUT2D eigenvalue weighted by Gasteiger charge is -2.35. The lowest BCUT2D eigenvalue weighted by atomic mass is 9.69. The highest BCUT2D eigenvalue weighted by Gasteiger charge is 2.49. The van der Waals surface area contributed by atoms with E-state index in [4.69, 9.17) is 6.58 Å². The van der Waals surface area contributed by atoms with Gasteiger partial charge in [0.25, 0.3) is 0 Å². The molecule has 3 heterocycles. The SMILES string of the molecule is C=C(/C=C1/N(C)c2ccccc2C1(C)C)C(C)(CCCCC1(C)C(/C=C2/N(C)c3ccccc3C2(C)C)=[N+](C)c2ccccc21)c1ccccc1C. The Morgan fingerprint density at radius 1 is 0.712 bits per heavy atom. The van der Waals surface area contributed by atoms with Gasteiger partial charge in [-0.15, -0.1) is 0 Å². The molecule has 4 aromatic rings. The minimum absolute atomic E-state index is 0.0809. The van der Waals surface area contributed by atoms with Crippen molar-refractivity contribution in [1.82, 2.24) is 0 Å². The van der Waals surface area contributed by atoms with E-state index in [0.29, 0.717) is 0 Å². The van der Waals surface area contributed by atoms with Gasteiger partial charge in [0.2, 0.25) is 5.69 Å². The zero-order chi connectivity index (χ0) is 37.2. The van der Waals surface area contributed by atoms with Gasteiger partial charge < -0.3 is 9.80 Å². The Kier molecular flexibility index (Phi) is 8.80. The Labute approximate surface area is 313 Å². The molecule has 0 saturated heterocycles. The topological polar surface area (TPSA) is 9.49 Å². The summed E-state index contributed by atoms with van der Waals surface area (Å²) < 4.78 is 2.46. The molecule has 0 spiro atoms. The zero-order valence-corrected chi connectivity index (χ0v) is 33.3. The van der Waals surface area contributed by atoms with Crippen LogP contribution in [0.25, 0.3) is 0 Å². The number of rotatable bonds is 9. The van der Waals surface area contributed by atoms with E-state index < -0.39 is 0 Å². The molecule has 0 aromatic heterocycles. The van der Waals surface area contributed by atoms with Crippen LogP contribution in [0.15, 0.2) is 133 Å². The summed E-state index contributed by atoms with van der Waals surface area (Å²) in [6.45, 7) is 21.5. The highest BCUT2D eigenvalue weighted by molar-refractivity contribution is 6.04. The monoisotopic (exact) mass is 688 g/mol. The second-order valence-corrected chi connectivity index (χ2v) is 17.1. The predicted molar refractivity (Wildman–Crippen MR) is 223 cm³/mol. The van der Waals surface area contributed by atoms with Crippen LogP contribution < -0.4 is 9.80 Å². The minimum Gasteiger partial charge on any atom is -0.347 e. The fraction of sp³-hybridized carbons (Fsp3) is 0.367. The van der Waals surface area contributed by atoms with Crippen molar-refractivity contribution in [3.05, 3.63) is 161 Å². The second-order valence-electron chi connectivity index (χ2n) is 17.1. The molecule has 0 saturated carbocycles. The average Bonchev–Trinajstić information content (AvgIpc) is 3.56. The number of likely N-dealkylation sites (N-methyl/N-ethyl adjacent to an activating group) is 2. The molecule has 52 heavy (non-hydrogen) atoms. The van der Waals surface area contributed by atoms with Crippen LogP contribution in [0.5, 0.6) is 0 Å². The van der Waals surface area contributed by atoms with E-state index in [0.717, 1.165) is 25.7 Å². The highest BCUT2D eigenvalue weighted by Crippen LogP contribution is 2.51. The number of unbranched alkanes of at least 4 members (excludes halogenated alkanes) is 1. The summed E-state index contributed by atoms with van der Waals surface area (Å²) in [6, 6.07) is 35.7. The van der Waals surface area contributed by atoms with Crippen molar-refractivity contribution in [2.75, 3.05) is 30.9 Å². The Hall–Kier alpha value is -4.63. The number of fused-ring (bicyclic) bond motifs is 3. The quantitative estimate of drug-likeness (QED) is 0.128. The third kappa shape index (κ3) is 5.42. The van der Waals surface area contributed by atoms with E-state index in [1.807, 2.05) is 0 Å². The number of para-hydroxylation sites is 3. The summed E-state index contributed by atoms with van der Waals surface area (Å²) in [5.41, 5.74) is 15.6. The van der Waals surface area contributed by atoms with Crippen LogP contribution in [-0.4, -0.2) is 31.4 Å². The average molecular weight is 689 g/mol. The van der Waals surface area contributed by atoms with Gasteiger partial charge >= 0.3 is 0 Å². The molecule has 0 fully saturated rings. The third-order valence-electron chi connectivity index (χ3n) is 13.3. The van der Waals surface area contributed by atoms with E-state index in [-0.39, 0.29) is 21.7 Å². The summed E-state index contributed by atoms with van der Waals surface area (Å²) in [5.74, 6) is 0. The van der Waals surface area contributed by atoms with Crippen molar-refractivity contribution in [3.63, 3.8) is 0 Å². The van der Waals surface area contributed by atoms with E-state index in [1.165, 1.54) is 67.6 Å². The molecule has 0 bridgehead atoms. The summed E-state index contributed by atoms with van der Waals surface area (Å²) in [4.78, 5) is 4.79. The van der Waals surface area contributed by atoms with Gasteiger partial charge in [0.05, 0.1) is 5.41 Å². The summed E-state index contributed by atoms with van der Waals surface area (Å²) in [6.07, 6.45) is 9.26. The van der Waals surface area contributed by atoms with Gasteiger partial charge in [-0.05, 0) is 72.7 Å². The highest BCUT2D eigenvalue weighted by atomic mass is 15.2. The summed E-state index contributed by atoms with van der Waals surface area (Å²) >= 11 is 0. The van der Waals surface area contributed by atoms with Gasteiger partial charge in [0.1, 0.15) is 7.05 Å². The number of aryl methyl sites for hydroxylation is 1. The van der Waals surface area contributed by atoms with Gasteiger partial charge in [-0.3, -0.25) is 0 Å². The van der Waals surface area contributed by atoms with E-state index in [9.17, 15) is 0 Å². The Balaban J connectivity index is 1.19. The molecule has 7 rings (SSSR count). The maximum absolute atomic E-state index is 4.86. The summed E-state index contributed by atoms with van der Waals surface area (Å²) in [5, 5.41) is 0. The summed E-state index contributed by atoms with van der Waals surface area (Å²) in [7, 11) is 6.71.